The molecular formula is C20H15ClFN3. The van der Waals surface area contributed by atoms with E-state index in [2.05, 4.69) is 4.98 Å². The van der Waals surface area contributed by atoms with Gasteiger partial charge in [-0.05, 0) is 49.2 Å². The number of hydrogen-bond donors (Lipinski definition) is 1. The number of aromatic nitrogens is 1. The number of nitriles is 1. The molecule has 2 aromatic carbocycles. The summed E-state index contributed by atoms with van der Waals surface area (Å²) in [6, 6.07) is 13.9. The van der Waals surface area contributed by atoms with Crippen LogP contribution in [-0.2, 0) is 0 Å². The topological polar surface area (TPSA) is 62.7 Å². The maximum absolute atomic E-state index is 14.4. The average molecular weight is 352 g/mol. The highest BCUT2D eigenvalue weighted by Gasteiger charge is 2.18. The first-order chi connectivity index (χ1) is 11.9. The summed E-state index contributed by atoms with van der Waals surface area (Å²) in [6.07, 6.45) is 0. The summed E-state index contributed by atoms with van der Waals surface area (Å²) in [7, 11) is 0. The lowest BCUT2D eigenvalue weighted by Crippen LogP contribution is -2.01. The zero-order valence-corrected chi connectivity index (χ0v) is 14.5. The Morgan fingerprint density at radius 3 is 2.52 bits per heavy atom. The van der Waals surface area contributed by atoms with Gasteiger partial charge in [-0.3, -0.25) is 0 Å². The zero-order valence-electron chi connectivity index (χ0n) is 13.8. The van der Waals surface area contributed by atoms with E-state index in [4.69, 9.17) is 17.3 Å². The van der Waals surface area contributed by atoms with Crippen LogP contribution < -0.4 is 5.73 Å². The lowest BCUT2D eigenvalue weighted by molar-refractivity contribution is 0.631. The zero-order chi connectivity index (χ0) is 18.1. The predicted octanol–water partition coefficient (Wildman–Crippen LogP) is 5.28. The minimum Gasteiger partial charge on any atom is -0.383 e. The monoisotopic (exact) mass is 351 g/mol. The third-order valence-corrected chi connectivity index (χ3v) is 4.51. The second kappa shape index (κ2) is 6.54. The molecule has 0 bridgehead atoms. The van der Waals surface area contributed by atoms with Gasteiger partial charge in [0.05, 0.1) is 10.7 Å². The Bertz CT molecular complexity index is 1000. The lowest BCUT2D eigenvalue weighted by atomic mass is 9.97. The highest BCUT2D eigenvalue weighted by Crippen LogP contribution is 2.36. The Balaban J connectivity index is 2.30. The second-order valence-corrected chi connectivity index (χ2v) is 6.23. The van der Waals surface area contributed by atoms with Gasteiger partial charge >= 0.3 is 0 Å². The molecule has 0 unspecified atom stereocenters. The van der Waals surface area contributed by atoms with Crippen molar-refractivity contribution < 1.29 is 4.39 Å². The molecule has 3 aromatic rings. The Hall–Kier alpha value is -2.90. The van der Waals surface area contributed by atoms with E-state index < -0.39 is 5.82 Å². The largest absolute Gasteiger partial charge is 0.383 e. The SMILES string of the molecule is Cc1ccc(-c2cc(-c3c(F)cccc3Cl)c(C#N)c(N)n2)cc1C. The van der Waals surface area contributed by atoms with Crippen molar-refractivity contribution in [1.82, 2.24) is 4.98 Å². The third kappa shape index (κ3) is 3.07. The van der Waals surface area contributed by atoms with E-state index in [-0.39, 0.29) is 22.0 Å². The molecule has 0 aliphatic heterocycles. The molecule has 2 N–H and O–H groups in total. The van der Waals surface area contributed by atoms with E-state index in [1.807, 2.05) is 38.1 Å². The average Bonchev–Trinajstić information content (AvgIpc) is 2.57. The third-order valence-electron chi connectivity index (χ3n) is 4.19. The van der Waals surface area contributed by atoms with E-state index in [1.54, 1.807) is 12.1 Å². The Morgan fingerprint density at radius 1 is 1.12 bits per heavy atom. The van der Waals surface area contributed by atoms with Crippen LogP contribution in [0.1, 0.15) is 16.7 Å². The van der Waals surface area contributed by atoms with Crippen molar-refractivity contribution in [2.24, 2.45) is 0 Å². The van der Waals surface area contributed by atoms with E-state index in [9.17, 15) is 9.65 Å². The number of pyridine rings is 1. The Morgan fingerprint density at radius 2 is 1.88 bits per heavy atom. The van der Waals surface area contributed by atoms with Crippen molar-refractivity contribution in [2.75, 3.05) is 5.73 Å². The molecular weight excluding hydrogens is 337 g/mol. The molecule has 124 valence electrons. The summed E-state index contributed by atoms with van der Waals surface area (Å²) >= 11 is 6.18. The molecule has 0 fully saturated rings. The van der Waals surface area contributed by atoms with Crippen LogP contribution in [0.2, 0.25) is 5.02 Å². The highest BCUT2D eigenvalue weighted by molar-refractivity contribution is 6.33. The number of nitrogens with zero attached hydrogens (tertiary/aromatic N) is 2. The maximum atomic E-state index is 14.4. The number of anilines is 1. The highest BCUT2D eigenvalue weighted by atomic mass is 35.5. The molecule has 0 atom stereocenters. The van der Waals surface area contributed by atoms with E-state index in [0.717, 1.165) is 16.7 Å². The van der Waals surface area contributed by atoms with Gasteiger partial charge in [-0.2, -0.15) is 5.26 Å². The molecule has 3 rings (SSSR count). The van der Waals surface area contributed by atoms with Gasteiger partial charge in [-0.1, -0.05) is 29.8 Å². The van der Waals surface area contributed by atoms with Gasteiger partial charge in [0.25, 0.3) is 0 Å². The van der Waals surface area contributed by atoms with Gasteiger partial charge in [0.1, 0.15) is 23.3 Å². The van der Waals surface area contributed by atoms with Crippen molar-refractivity contribution in [1.29, 1.82) is 5.26 Å². The summed E-state index contributed by atoms with van der Waals surface area (Å²) in [5.74, 6) is -0.465. The molecule has 0 radical (unpaired) electrons. The van der Waals surface area contributed by atoms with Crippen LogP contribution in [0.4, 0.5) is 10.2 Å². The van der Waals surface area contributed by atoms with Gasteiger partial charge in [0.15, 0.2) is 0 Å². The second-order valence-electron chi connectivity index (χ2n) is 5.82. The number of nitrogens with two attached hydrogens (primary N) is 1. The van der Waals surface area contributed by atoms with E-state index in [0.29, 0.717) is 11.3 Å². The fourth-order valence-corrected chi connectivity index (χ4v) is 2.95. The molecule has 25 heavy (non-hydrogen) atoms. The quantitative estimate of drug-likeness (QED) is 0.683. The number of hydrogen-bond acceptors (Lipinski definition) is 3. The van der Waals surface area contributed by atoms with Crippen molar-refractivity contribution in [3.63, 3.8) is 0 Å². The standard InChI is InChI=1S/C20H15ClFN3/c1-11-6-7-13(8-12(11)2)18-9-14(15(10-23)20(24)25-18)19-16(21)4-3-5-17(19)22/h3-9H,1-2H3,(H2,24,25). The smallest absolute Gasteiger partial charge is 0.142 e. The first kappa shape index (κ1) is 16.9. The van der Waals surface area contributed by atoms with Crippen LogP contribution in [0, 0.1) is 31.0 Å². The molecule has 0 spiro atoms. The summed E-state index contributed by atoms with van der Waals surface area (Å²) in [4.78, 5) is 4.32. The summed E-state index contributed by atoms with van der Waals surface area (Å²) in [5.41, 5.74) is 10.2. The van der Waals surface area contributed by atoms with Crippen LogP contribution in [0.3, 0.4) is 0 Å². The maximum Gasteiger partial charge on any atom is 0.142 e. The number of nitrogen functional groups attached to an aromatic ring is 1. The van der Waals surface area contributed by atoms with Crippen LogP contribution in [0.5, 0.6) is 0 Å². The number of benzene rings is 2. The van der Waals surface area contributed by atoms with Gasteiger partial charge in [0, 0.05) is 16.7 Å². The van der Waals surface area contributed by atoms with Crippen LogP contribution >= 0.6 is 11.6 Å². The number of halogens is 2. The van der Waals surface area contributed by atoms with Gasteiger partial charge in [0.2, 0.25) is 0 Å². The normalized spacial score (nSPS) is 10.5. The molecule has 0 aliphatic carbocycles. The van der Waals surface area contributed by atoms with Gasteiger partial charge < -0.3 is 5.73 Å². The molecule has 1 aromatic heterocycles. The van der Waals surface area contributed by atoms with Gasteiger partial charge in [-0.25, -0.2) is 9.37 Å². The van der Waals surface area contributed by atoms with Crippen LogP contribution in [0.15, 0.2) is 42.5 Å². The van der Waals surface area contributed by atoms with Crippen molar-refractivity contribution in [3.05, 3.63) is 70.0 Å². The summed E-state index contributed by atoms with van der Waals surface area (Å²) in [5, 5.41) is 9.66. The minimum atomic E-state index is -0.513. The summed E-state index contributed by atoms with van der Waals surface area (Å²) < 4.78 is 14.4. The molecule has 5 heteroatoms. The predicted molar refractivity (Wildman–Crippen MR) is 98.7 cm³/mol. The van der Waals surface area contributed by atoms with E-state index >= 15 is 0 Å². The van der Waals surface area contributed by atoms with Crippen molar-refractivity contribution in [3.8, 4) is 28.5 Å². The Kier molecular flexibility index (Phi) is 4.43. The molecule has 0 saturated carbocycles. The van der Waals surface area contributed by atoms with Crippen molar-refractivity contribution in [2.45, 2.75) is 13.8 Å². The molecule has 0 aliphatic rings. The van der Waals surface area contributed by atoms with Crippen LogP contribution in [0.25, 0.3) is 22.4 Å². The van der Waals surface area contributed by atoms with Crippen LogP contribution in [-0.4, -0.2) is 4.98 Å². The number of rotatable bonds is 2. The van der Waals surface area contributed by atoms with Gasteiger partial charge in [-0.15, -0.1) is 0 Å². The first-order valence-corrected chi connectivity index (χ1v) is 8.02. The minimum absolute atomic E-state index is 0.0487. The van der Waals surface area contributed by atoms with Crippen molar-refractivity contribution >= 4 is 17.4 Å². The molecule has 1 heterocycles. The lowest BCUT2D eigenvalue weighted by Gasteiger charge is -2.13. The summed E-state index contributed by atoms with van der Waals surface area (Å²) in [6.45, 7) is 4.02. The fourth-order valence-electron chi connectivity index (χ4n) is 2.68. The molecule has 0 saturated heterocycles. The number of aryl methyl sites for hydroxylation is 2. The first-order valence-electron chi connectivity index (χ1n) is 7.65. The van der Waals surface area contributed by atoms with E-state index in [1.165, 1.54) is 12.1 Å². The fraction of sp³-hybridized carbons (Fsp3) is 0.100. The Labute approximate surface area is 150 Å². The molecule has 3 nitrogen and oxygen atoms in total. The molecule has 0 amide bonds.